The Morgan fingerprint density at radius 2 is 1.56 bits per heavy atom. The van der Waals surface area contributed by atoms with E-state index in [1.54, 1.807) is 24.3 Å². The van der Waals surface area contributed by atoms with Gasteiger partial charge < -0.3 is 9.47 Å². The summed E-state index contributed by atoms with van der Waals surface area (Å²) in [5, 5.41) is 0.689. The van der Waals surface area contributed by atoms with E-state index in [9.17, 15) is 9.59 Å². The fraction of sp³-hybridized carbons (Fsp3) is 0. The van der Waals surface area contributed by atoms with Crippen molar-refractivity contribution in [2.24, 2.45) is 0 Å². The average molecular weight is 377 g/mol. The minimum atomic E-state index is 0.313. The molecule has 0 saturated carbocycles. The van der Waals surface area contributed by atoms with Crippen molar-refractivity contribution in [2.45, 2.75) is 0 Å². The number of fused-ring (bicyclic) bond motifs is 1. The number of pyridine rings is 2. The number of hydrogen-bond acceptors (Lipinski definition) is 8. The van der Waals surface area contributed by atoms with Gasteiger partial charge in [-0.25, -0.2) is 9.97 Å². The molecule has 3 heterocycles. The van der Waals surface area contributed by atoms with Gasteiger partial charge in [0.15, 0.2) is 0 Å². The fourth-order valence-electron chi connectivity index (χ4n) is 2.53. The molecule has 0 spiro atoms. The Labute approximate surface area is 157 Å². The van der Waals surface area contributed by atoms with Crippen molar-refractivity contribution in [3.8, 4) is 33.6 Å². The van der Waals surface area contributed by atoms with Gasteiger partial charge in [-0.05, 0) is 18.2 Å². The molecule has 4 aromatic rings. The summed E-state index contributed by atoms with van der Waals surface area (Å²) in [7, 11) is 0. The first-order chi connectivity index (χ1) is 13.3. The van der Waals surface area contributed by atoms with Crippen LogP contribution in [-0.2, 0) is 9.59 Å². The number of thiazole rings is 1. The third kappa shape index (κ3) is 3.51. The minimum Gasteiger partial charge on any atom is -0.429 e. The second kappa shape index (κ2) is 7.30. The predicted molar refractivity (Wildman–Crippen MR) is 99.5 cm³/mol. The fourth-order valence-corrected chi connectivity index (χ4v) is 3.46. The first-order valence-electron chi connectivity index (χ1n) is 7.82. The highest BCUT2D eigenvalue weighted by Gasteiger charge is 2.13. The highest BCUT2D eigenvalue weighted by molar-refractivity contribution is 7.21. The molecule has 0 unspecified atom stereocenters. The van der Waals surface area contributed by atoms with Crippen LogP contribution in [0, 0.1) is 0 Å². The molecule has 8 heteroatoms. The van der Waals surface area contributed by atoms with Crippen LogP contribution in [0.4, 0.5) is 0 Å². The summed E-state index contributed by atoms with van der Waals surface area (Å²) >= 11 is 1.48. The van der Waals surface area contributed by atoms with Crippen LogP contribution in [-0.4, -0.2) is 27.9 Å². The molecule has 0 atom stereocenters. The molecule has 0 aliphatic rings. The number of para-hydroxylation sites is 1. The zero-order valence-corrected chi connectivity index (χ0v) is 14.6. The molecule has 0 bridgehead atoms. The molecule has 4 rings (SSSR count). The number of hydrogen-bond donors (Lipinski definition) is 0. The van der Waals surface area contributed by atoms with E-state index in [0.717, 1.165) is 10.2 Å². The topological polar surface area (TPSA) is 91.3 Å². The van der Waals surface area contributed by atoms with Crippen molar-refractivity contribution in [1.29, 1.82) is 0 Å². The van der Waals surface area contributed by atoms with Gasteiger partial charge in [0.25, 0.3) is 12.9 Å². The first kappa shape index (κ1) is 16.8. The molecule has 0 aliphatic carbocycles. The van der Waals surface area contributed by atoms with Gasteiger partial charge in [-0.1, -0.05) is 12.1 Å². The molecule has 0 N–H and O–H groups in total. The summed E-state index contributed by atoms with van der Waals surface area (Å²) in [6, 6.07) is 14.1. The Morgan fingerprint density at radius 1 is 0.815 bits per heavy atom. The number of aromatic nitrogens is 3. The van der Waals surface area contributed by atoms with Gasteiger partial charge >= 0.3 is 0 Å². The van der Waals surface area contributed by atoms with Crippen LogP contribution in [0.3, 0.4) is 0 Å². The van der Waals surface area contributed by atoms with Crippen LogP contribution >= 0.6 is 11.3 Å². The highest BCUT2D eigenvalue weighted by Crippen LogP contribution is 2.33. The van der Waals surface area contributed by atoms with E-state index in [2.05, 4.69) is 15.0 Å². The Balaban J connectivity index is 1.84. The maximum absolute atomic E-state index is 10.8. The van der Waals surface area contributed by atoms with Gasteiger partial charge in [0.05, 0.1) is 21.6 Å². The van der Waals surface area contributed by atoms with Gasteiger partial charge in [0, 0.05) is 24.4 Å². The van der Waals surface area contributed by atoms with E-state index in [1.807, 2.05) is 24.3 Å². The van der Waals surface area contributed by atoms with Crippen molar-refractivity contribution in [3.05, 3.63) is 54.7 Å². The van der Waals surface area contributed by atoms with E-state index in [1.165, 1.54) is 17.5 Å². The van der Waals surface area contributed by atoms with Crippen LogP contribution in [0.1, 0.15) is 0 Å². The average Bonchev–Trinajstić information content (AvgIpc) is 3.13. The van der Waals surface area contributed by atoms with Crippen LogP contribution in [0.15, 0.2) is 54.7 Å². The quantitative estimate of drug-likeness (QED) is 0.475. The van der Waals surface area contributed by atoms with Crippen molar-refractivity contribution in [2.75, 3.05) is 0 Å². The highest BCUT2D eigenvalue weighted by atomic mass is 32.1. The Kier molecular flexibility index (Phi) is 4.54. The van der Waals surface area contributed by atoms with E-state index >= 15 is 0 Å². The van der Waals surface area contributed by atoms with Crippen molar-refractivity contribution in [3.63, 3.8) is 0 Å². The van der Waals surface area contributed by atoms with E-state index in [-0.39, 0.29) is 0 Å². The van der Waals surface area contributed by atoms with Crippen LogP contribution in [0.5, 0.6) is 11.5 Å². The number of ether oxygens (including phenoxy) is 2. The Bertz CT molecular complexity index is 1110. The first-order valence-corrected chi connectivity index (χ1v) is 8.63. The molecule has 7 nitrogen and oxygen atoms in total. The molecular weight excluding hydrogens is 366 g/mol. The molecule has 0 amide bonds. The smallest absolute Gasteiger partial charge is 0.298 e. The lowest BCUT2D eigenvalue weighted by Crippen LogP contribution is -1.96. The molecule has 0 radical (unpaired) electrons. The number of benzene rings is 1. The van der Waals surface area contributed by atoms with E-state index < -0.39 is 0 Å². The third-order valence-corrected chi connectivity index (χ3v) is 4.73. The van der Waals surface area contributed by atoms with Crippen LogP contribution in [0.25, 0.3) is 32.3 Å². The summed E-state index contributed by atoms with van der Waals surface area (Å²) in [6.07, 6.45) is 1.50. The maximum atomic E-state index is 10.8. The number of nitrogens with zero attached hydrogens (tertiary/aromatic N) is 3. The summed E-state index contributed by atoms with van der Waals surface area (Å²) in [5.41, 5.74) is 2.34. The summed E-state index contributed by atoms with van der Waals surface area (Å²) < 4.78 is 10.9. The number of carbonyl (C=O) groups is 2. The maximum Gasteiger partial charge on any atom is 0.298 e. The zero-order valence-electron chi connectivity index (χ0n) is 13.7. The van der Waals surface area contributed by atoms with Crippen LogP contribution < -0.4 is 9.47 Å². The molecule has 1 aromatic carbocycles. The van der Waals surface area contributed by atoms with E-state index in [4.69, 9.17) is 9.47 Å². The van der Waals surface area contributed by atoms with Gasteiger partial charge in [0.1, 0.15) is 22.2 Å². The molecule has 27 heavy (non-hydrogen) atoms. The Hall–Kier alpha value is -3.65. The third-order valence-electron chi connectivity index (χ3n) is 3.67. The van der Waals surface area contributed by atoms with Crippen LogP contribution in [0.2, 0.25) is 0 Å². The number of rotatable bonds is 6. The monoisotopic (exact) mass is 377 g/mol. The van der Waals surface area contributed by atoms with Crippen molar-refractivity contribution in [1.82, 2.24) is 15.0 Å². The van der Waals surface area contributed by atoms with Gasteiger partial charge in [-0.2, -0.15) is 0 Å². The standard InChI is InChI=1S/C19H11N3O4S/c23-10-25-12-5-6-20-15(7-12)16-8-13(26-11-24)9-17(21-16)19-22-14-3-1-2-4-18(14)27-19/h1-11H. The largest absolute Gasteiger partial charge is 0.429 e. The molecule has 0 saturated heterocycles. The van der Waals surface area contributed by atoms with Gasteiger partial charge in [-0.15, -0.1) is 11.3 Å². The second-order valence-corrected chi connectivity index (χ2v) is 6.40. The SMILES string of the molecule is O=COc1ccnc(-c2cc(OC=O)cc(-c3nc4ccccc4s3)n2)c1. The number of carbonyl (C=O) groups excluding carboxylic acids is 2. The molecule has 3 aromatic heterocycles. The van der Waals surface area contributed by atoms with Gasteiger partial charge in [-0.3, -0.25) is 14.6 Å². The van der Waals surface area contributed by atoms with Crippen molar-refractivity contribution < 1.29 is 19.1 Å². The molecular formula is C19H11N3O4S. The normalized spacial score (nSPS) is 10.5. The lowest BCUT2D eigenvalue weighted by Gasteiger charge is -2.07. The molecule has 0 aliphatic heterocycles. The van der Waals surface area contributed by atoms with E-state index in [0.29, 0.717) is 46.5 Å². The van der Waals surface area contributed by atoms with Crippen molar-refractivity contribution >= 4 is 34.5 Å². The summed E-state index contributed by atoms with van der Waals surface area (Å²) in [6.45, 7) is 0.686. The minimum absolute atomic E-state index is 0.313. The zero-order chi connectivity index (χ0) is 18.6. The molecule has 0 fully saturated rings. The summed E-state index contributed by atoms with van der Waals surface area (Å²) in [4.78, 5) is 34.8. The summed E-state index contributed by atoms with van der Waals surface area (Å²) in [5.74, 6) is 0.646. The lowest BCUT2D eigenvalue weighted by atomic mass is 10.2. The lowest BCUT2D eigenvalue weighted by molar-refractivity contribution is -0.121. The predicted octanol–water partition coefficient (Wildman–Crippen LogP) is 3.49. The Morgan fingerprint density at radius 3 is 2.37 bits per heavy atom. The molecule has 132 valence electrons. The second-order valence-electron chi connectivity index (χ2n) is 5.37. The van der Waals surface area contributed by atoms with Gasteiger partial charge in [0.2, 0.25) is 0 Å².